The van der Waals surface area contributed by atoms with Crippen LogP contribution in [0.25, 0.3) is 0 Å². The minimum Gasteiger partial charge on any atom is -0.502 e. The van der Waals surface area contributed by atoms with Gasteiger partial charge < -0.3 is 10.8 Å². The van der Waals surface area contributed by atoms with Crippen LogP contribution in [0.4, 0.5) is 18.9 Å². The summed E-state index contributed by atoms with van der Waals surface area (Å²) in [5, 5.41) is 19.6. The molecule has 0 bridgehead atoms. The molecule has 0 aliphatic heterocycles. The molecule has 0 unspecified atom stereocenters. The predicted octanol–water partition coefficient (Wildman–Crippen LogP) is 2.67. The van der Waals surface area contributed by atoms with Gasteiger partial charge in [0.05, 0.1) is 11.3 Å². The molecule has 1 rings (SSSR count). The van der Waals surface area contributed by atoms with E-state index >= 15 is 0 Å². The maximum absolute atomic E-state index is 12.1. The third-order valence-corrected chi connectivity index (χ3v) is 2.08. The van der Waals surface area contributed by atoms with Crippen LogP contribution in [-0.4, -0.2) is 16.2 Å². The fourth-order valence-electron chi connectivity index (χ4n) is 1.28. The van der Waals surface area contributed by atoms with Crippen LogP contribution in [0.15, 0.2) is 18.2 Å². The average molecular weight is 287 g/mol. The van der Waals surface area contributed by atoms with Gasteiger partial charge in [-0.05, 0) is 11.6 Å². The Kier molecular flexibility index (Phi) is 5.37. The van der Waals surface area contributed by atoms with E-state index in [2.05, 4.69) is 0 Å². The van der Waals surface area contributed by atoms with Crippen molar-refractivity contribution in [2.75, 3.05) is 0 Å². The van der Waals surface area contributed by atoms with Crippen LogP contribution in [0.1, 0.15) is 18.0 Å². The Labute approximate surface area is 106 Å². The summed E-state index contributed by atoms with van der Waals surface area (Å²) < 4.78 is 36.2. The van der Waals surface area contributed by atoms with Crippen molar-refractivity contribution < 1.29 is 23.2 Å². The highest BCUT2D eigenvalue weighted by atomic mass is 35.5. The molecule has 0 heterocycles. The second-order valence-electron chi connectivity index (χ2n) is 3.43. The zero-order valence-electron chi connectivity index (χ0n) is 8.85. The van der Waals surface area contributed by atoms with E-state index < -0.39 is 35.0 Å². The van der Waals surface area contributed by atoms with Crippen molar-refractivity contribution in [2.45, 2.75) is 18.6 Å². The first-order chi connectivity index (χ1) is 7.70. The summed E-state index contributed by atoms with van der Waals surface area (Å²) in [6, 6.07) is 1.52. The maximum atomic E-state index is 12.1. The van der Waals surface area contributed by atoms with E-state index in [9.17, 15) is 23.3 Å². The topological polar surface area (TPSA) is 89.4 Å². The van der Waals surface area contributed by atoms with E-state index in [0.29, 0.717) is 0 Å². The van der Waals surface area contributed by atoms with E-state index in [1.165, 1.54) is 0 Å². The number of rotatable bonds is 3. The molecule has 1 aromatic rings. The number of nitro benzene ring substituents is 1. The molecule has 102 valence electrons. The lowest BCUT2D eigenvalue weighted by Gasteiger charge is -2.14. The largest absolute Gasteiger partial charge is 0.502 e. The highest BCUT2D eigenvalue weighted by Crippen LogP contribution is 2.32. The zero-order valence-corrected chi connectivity index (χ0v) is 9.66. The fourth-order valence-corrected chi connectivity index (χ4v) is 1.28. The number of nitro groups is 1. The molecule has 0 saturated heterocycles. The molecule has 0 spiro atoms. The normalized spacial score (nSPS) is 12.7. The van der Waals surface area contributed by atoms with Gasteiger partial charge in [0.25, 0.3) is 0 Å². The average Bonchev–Trinajstić information content (AvgIpc) is 2.14. The highest BCUT2D eigenvalue weighted by Gasteiger charge is 2.31. The Bertz CT molecular complexity index is 440. The van der Waals surface area contributed by atoms with Crippen LogP contribution < -0.4 is 5.73 Å². The number of aromatic hydroxyl groups is 1. The van der Waals surface area contributed by atoms with Crippen LogP contribution in [0, 0.1) is 10.1 Å². The van der Waals surface area contributed by atoms with Gasteiger partial charge in [0, 0.05) is 12.1 Å². The van der Waals surface area contributed by atoms with E-state index in [-0.39, 0.29) is 18.0 Å². The SMILES string of the molecule is Cl.N[C@@H](CC(F)(F)F)c1ccc(O)c([N+](=O)[O-])c1. The molecule has 1 atom stereocenters. The minimum absolute atomic E-state index is 0. The second-order valence-corrected chi connectivity index (χ2v) is 3.43. The summed E-state index contributed by atoms with van der Waals surface area (Å²) >= 11 is 0. The number of nitrogens with two attached hydrogens (primary N) is 1. The van der Waals surface area contributed by atoms with Gasteiger partial charge in [0.2, 0.25) is 0 Å². The molecular formula is C9H10ClF3N2O3. The number of benzene rings is 1. The highest BCUT2D eigenvalue weighted by molar-refractivity contribution is 5.85. The summed E-state index contributed by atoms with van der Waals surface area (Å²) in [6.07, 6.45) is -5.74. The van der Waals surface area contributed by atoms with Gasteiger partial charge in [-0.25, -0.2) is 0 Å². The van der Waals surface area contributed by atoms with Gasteiger partial charge in [-0.2, -0.15) is 13.2 Å². The Morgan fingerprint density at radius 3 is 2.44 bits per heavy atom. The van der Waals surface area contributed by atoms with Gasteiger partial charge in [0.15, 0.2) is 5.75 Å². The summed E-state index contributed by atoms with van der Waals surface area (Å²) in [5.41, 5.74) is 4.56. The molecule has 9 heteroatoms. The standard InChI is InChI=1S/C9H9F3N2O3.ClH/c10-9(11,12)4-6(13)5-1-2-8(15)7(3-5)14(16)17;/h1-3,6,15H,4,13H2;1H/t6-;/m0./s1. The number of halogens is 4. The molecule has 0 aliphatic carbocycles. The van der Waals surface area contributed by atoms with E-state index in [1.54, 1.807) is 0 Å². The van der Waals surface area contributed by atoms with Crippen LogP contribution in [0.5, 0.6) is 5.75 Å². The molecular weight excluding hydrogens is 277 g/mol. The lowest BCUT2D eigenvalue weighted by molar-refractivity contribution is -0.385. The first kappa shape index (κ1) is 16.5. The third kappa shape index (κ3) is 4.38. The first-order valence-electron chi connectivity index (χ1n) is 4.50. The monoisotopic (exact) mass is 286 g/mol. The van der Waals surface area contributed by atoms with Crippen LogP contribution in [0.3, 0.4) is 0 Å². The number of hydrogen-bond donors (Lipinski definition) is 2. The maximum Gasteiger partial charge on any atom is 0.390 e. The minimum atomic E-state index is -4.45. The number of nitrogens with zero attached hydrogens (tertiary/aromatic N) is 1. The molecule has 0 aromatic heterocycles. The predicted molar refractivity (Wildman–Crippen MR) is 59.6 cm³/mol. The quantitative estimate of drug-likeness (QED) is 0.660. The van der Waals surface area contributed by atoms with Gasteiger partial charge in [0.1, 0.15) is 0 Å². The Balaban J connectivity index is 0.00000289. The first-order valence-corrected chi connectivity index (χ1v) is 4.50. The smallest absolute Gasteiger partial charge is 0.390 e. The summed E-state index contributed by atoms with van der Waals surface area (Å²) in [5.74, 6) is -0.613. The van der Waals surface area contributed by atoms with Crippen molar-refractivity contribution in [2.24, 2.45) is 5.73 Å². The molecule has 0 radical (unpaired) electrons. The van der Waals surface area contributed by atoms with Crippen molar-refractivity contribution in [3.05, 3.63) is 33.9 Å². The lowest BCUT2D eigenvalue weighted by atomic mass is 10.0. The lowest BCUT2D eigenvalue weighted by Crippen LogP contribution is -2.20. The van der Waals surface area contributed by atoms with E-state index in [4.69, 9.17) is 10.8 Å². The van der Waals surface area contributed by atoms with Crippen molar-refractivity contribution in [3.8, 4) is 5.75 Å². The van der Waals surface area contributed by atoms with Crippen molar-refractivity contribution in [1.82, 2.24) is 0 Å². The van der Waals surface area contributed by atoms with Gasteiger partial charge in [-0.15, -0.1) is 12.4 Å². The van der Waals surface area contributed by atoms with Crippen molar-refractivity contribution in [3.63, 3.8) is 0 Å². The Hall–Kier alpha value is -1.54. The molecule has 0 saturated carbocycles. The van der Waals surface area contributed by atoms with Crippen LogP contribution >= 0.6 is 12.4 Å². The summed E-state index contributed by atoms with van der Waals surface area (Å²) in [6.45, 7) is 0. The molecule has 0 amide bonds. The van der Waals surface area contributed by atoms with E-state index in [1.807, 2.05) is 0 Å². The number of hydrogen-bond acceptors (Lipinski definition) is 4. The van der Waals surface area contributed by atoms with Gasteiger partial charge >= 0.3 is 11.9 Å². The molecule has 18 heavy (non-hydrogen) atoms. The summed E-state index contributed by atoms with van der Waals surface area (Å²) in [7, 11) is 0. The molecule has 3 N–H and O–H groups in total. The van der Waals surface area contributed by atoms with Gasteiger partial charge in [-0.3, -0.25) is 10.1 Å². The van der Waals surface area contributed by atoms with Crippen LogP contribution in [0.2, 0.25) is 0 Å². The van der Waals surface area contributed by atoms with Crippen LogP contribution in [-0.2, 0) is 0 Å². The summed E-state index contributed by atoms with van der Waals surface area (Å²) in [4.78, 5) is 9.57. The molecule has 5 nitrogen and oxygen atoms in total. The number of phenols is 1. The molecule has 0 fully saturated rings. The Morgan fingerprint density at radius 2 is 2.00 bits per heavy atom. The molecule has 0 aliphatic rings. The molecule has 1 aromatic carbocycles. The zero-order chi connectivity index (χ0) is 13.2. The van der Waals surface area contributed by atoms with Gasteiger partial charge in [-0.1, -0.05) is 6.07 Å². The van der Waals surface area contributed by atoms with Crippen molar-refractivity contribution in [1.29, 1.82) is 0 Å². The number of alkyl halides is 3. The second kappa shape index (κ2) is 5.87. The number of phenolic OH excluding ortho intramolecular Hbond substituents is 1. The Morgan fingerprint density at radius 1 is 1.44 bits per heavy atom. The third-order valence-electron chi connectivity index (χ3n) is 2.08. The van der Waals surface area contributed by atoms with E-state index in [0.717, 1.165) is 18.2 Å². The van der Waals surface area contributed by atoms with Crippen molar-refractivity contribution >= 4 is 18.1 Å². The fraction of sp³-hybridized carbons (Fsp3) is 0.333.